The molecule has 12 heavy (non-hydrogen) atoms. The Hall–Kier alpha value is -0.590. The lowest BCUT2D eigenvalue weighted by atomic mass is 9.95. The molecule has 0 spiro atoms. The van der Waals surface area contributed by atoms with E-state index in [0.29, 0.717) is 0 Å². The van der Waals surface area contributed by atoms with Crippen LogP contribution in [-0.2, 0) is 4.74 Å². The van der Waals surface area contributed by atoms with E-state index >= 15 is 0 Å². The van der Waals surface area contributed by atoms with Crippen LogP contribution in [0.15, 0.2) is 0 Å². The van der Waals surface area contributed by atoms with E-state index in [2.05, 4.69) is 0 Å². The molecule has 0 radical (unpaired) electrons. The molecule has 1 unspecified atom stereocenters. The second kappa shape index (κ2) is 4.44. The Morgan fingerprint density at radius 3 is 2.50 bits per heavy atom. The molecule has 0 aromatic heterocycles. The third-order valence-electron chi connectivity index (χ3n) is 2.22. The first-order chi connectivity index (χ1) is 5.72. The zero-order chi connectivity index (χ0) is 8.97. The lowest BCUT2D eigenvalue weighted by Gasteiger charge is -2.26. The molecule has 0 aliphatic heterocycles. The van der Waals surface area contributed by atoms with Gasteiger partial charge in [-0.2, -0.15) is 5.26 Å². The summed E-state index contributed by atoms with van der Waals surface area (Å²) >= 11 is 0. The Balaban J connectivity index is 2.22. The lowest BCUT2D eigenvalue weighted by molar-refractivity contribution is -0.0207. The van der Waals surface area contributed by atoms with E-state index in [0.717, 1.165) is 25.7 Å². The first kappa shape index (κ1) is 9.50. The summed E-state index contributed by atoms with van der Waals surface area (Å²) in [6, 6.07) is 2.04. The standard InChI is InChI=1S/C9H15NO2/c1-7(6-10)12-9-4-2-8(11)3-5-9/h7-9,11H,2-5H2,1H3. The second-order valence-corrected chi connectivity index (χ2v) is 3.34. The van der Waals surface area contributed by atoms with Crippen LogP contribution in [0.5, 0.6) is 0 Å². The maximum atomic E-state index is 9.20. The average Bonchev–Trinajstić information content (AvgIpc) is 2.09. The van der Waals surface area contributed by atoms with Gasteiger partial charge in [-0.1, -0.05) is 0 Å². The van der Waals surface area contributed by atoms with Crippen molar-refractivity contribution in [2.75, 3.05) is 0 Å². The Labute approximate surface area is 73.0 Å². The number of nitrogens with zero attached hydrogens (tertiary/aromatic N) is 1. The predicted octanol–water partition coefficient (Wildman–Crippen LogP) is 1.22. The number of ether oxygens (including phenoxy) is 1. The third-order valence-corrected chi connectivity index (χ3v) is 2.22. The molecule has 0 amide bonds. The average molecular weight is 169 g/mol. The first-order valence-corrected chi connectivity index (χ1v) is 4.45. The van der Waals surface area contributed by atoms with Crippen molar-refractivity contribution in [3.05, 3.63) is 0 Å². The van der Waals surface area contributed by atoms with Crippen molar-refractivity contribution in [1.29, 1.82) is 5.26 Å². The van der Waals surface area contributed by atoms with Gasteiger partial charge in [0.15, 0.2) is 0 Å². The zero-order valence-corrected chi connectivity index (χ0v) is 7.36. The quantitative estimate of drug-likeness (QED) is 0.676. The van der Waals surface area contributed by atoms with Gasteiger partial charge in [0, 0.05) is 0 Å². The van der Waals surface area contributed by atoms with Gasteiger partial charge in [0.2, 0.25) is 0 Å². The van der Waals surface area contributed by atoms with Gasteiger partial charge in [-0.3, -0.25) is 0 Å². The van der Waals surface area contributed by atoms with Gasteiger partial charge in [0.25, 0.3) is 0 Å². The molecular weight excluding hydrogens is 154 g/mol. The topological polar surface area (TPSA) is 53.2 Å². The molecule has 1 N–H and O–H groups in total. The van der Waals surface area contributed by atoms with Crippen LogP contribution < -0.4 is 0 Å². The largest absolute Gasteiger partial charge is 0.393 e. The van der Waals surface area contributed by atoms with E-state index in [1.807, 2.05) is 6.07 Å². The molecular formula is C9H15NO2. The highest BCUT2D eigenvalue weighted by Gasteiger charge is 2.21. The summed E-state index contributed by atoms with van der Waals surface area (Å²) in [7, 11) is 0. The summed E-state index contributed by atoms with van der Waals surface area (Å²) in [4.78, 5) is 0. The van der Waals surface area contributed by atoms with Crippen molar-refractivity contribution >= 4 is 0 Å². The summed E-state index contributed by atoms with van der Waals surface area (Å²) in [5, 5.41) is 17.7. The van der Waals surface area contributed by atoms with Crippen molar-refractivity contribution in [3.8, 4) is 6.07 Å². The van der Waals surface area contributed by atoms with Crippen LogP contribution >= 0.6 is 0 Å². The summed E-state index contributed by atoms with van der Waals surface area (Å²) < 4.78 is 5.42. The van der Waals surface area contributed by atoms with E-state index < -0.39 is 0 Å². The Bertz CT molecular complexity index is 168. The fourth-order valence-corrected chi connectivity index (χ4v) is 1.50. The molecule has 68 valence electrons. The second-order valence-electron chi connectivity index (χ2n) is 3.34. The van der Waals surface area contributed by atoms with Gasteiger partial charge >= 0.3 is 0 Å². The van der Waals surface area contributed by atoms with Crippen LogP contribution in [0.1, 0.15) is 32.6 Å². The van der Waals surface area contributed by atoms with E-state index in [9.17, 15) is 5.11 Å². The maximum absolute atomic E-state index is 9.20. The number of aliphatic hydroxyl groups excluding tert-OH is 1. The number of aliphatic hydroxyl groups is 1. The molecule has 0 bridgehead atoms. The van der Waals surface area contributed by atoms with Gasteiger partial charge in [0.05, 0.1) is 18.3 Å². The normalized spacial score (nSPS) is 32.4. The Kier molecular flexibility index (Phi) is 3.51. The lowest BCUT2D eigenvalue weighted by Crippen LogP contribution is -2.26. The van der Waals surface area contributed by atoms with Crippen LogP contribution in [-0.4, -0.2) is 23.4 Å². The molecule has 1 aliphatic carbocycles. The minimum absolute atomic E-state index is 0.151. The van der Waals surface area contributed by atoms with Gasteiger partial charge in [-0.15, -0.1) is 0 Å². The number of nitriles is 1. The SMILES string of the molecule is CC(C#N)OC1CCC(O)CC1. The molecule has 0 saturated heterocycles. The summed E-state index contributed by atoms with van der Waals surface area (Å²) in [6.07, 6.45) is 3.10. The molecule has 1 atom stereocenters. The highest BCUT2D eigenvalue weighted by Crippen LogP contribution is 2.21. The van der Waals surface area contributed by atoms with Crippen molar-refractivity contribution in [1.82, 2.24) is 0 Å². The van der Waals surface area contributed by atoms with Gasteiger partial charge in [0.1, 0.15) is 6.10 Å². The molecule has 1 rings (SSSR count). The highest BCUT2D eigenvalue weighted by molar-refractivity contribution is 4.82. The van der Waals surface area contributed by atoms with Crippen molar-refractivity contribution in [2.45, 2.75) is 50.9 Å². The highest BCUT2D eigenvalue weighted by atomic mass is 16.5. The van der Waals surface area contributed by atoms with Crippen molar-refractivity contribution < 1.29 is 9.84 Å². The predicted molar refractivity (Wildman–Crippen MR) is 44.4 cm³/mol. The summed E-state index contributed by atoms with van der Waals surface area (Å²) in [5.41, 5.74) is 0. The third kappa shape index (κ3) is 2.80. The van der Waals surface area contributed by atoms with E-state index in [1.54, 1.807) is 6.92 Å². The van der Waals surface area contributed by atoms with E-state index in [1.165, 1.54) is 0 Å². The Morgan fingerprint density at radius 2 is 2.00 bits per heavy atom. The van der Waals surface area contributed by atoms with Gasteiger partial charge in [-0.05, 0) is 32.6 Å². The number of rotatable bonds is 2. The van der Waals surface area contributed by atoms with Gasteiger partial charge < -0.3 is 9.84 Å². The van der Waals surface area contributed by atoms with Crippen LogP contribution in [0.3, 0.4) is 0 Å². The maximum Gasteiger partial charge on any atom is 0.141 e. The molecule has 3 nitrogen and oxygen atoms in total. The van der Waals surface area contributed by atoms with Crippen LogP contribution in [0.25, 0.3) is 0 Å². The molecule has 0 heterocycles. The number of hydrogen-bond donors (Lipinski definition) is 1. The van der Waals surface area contributed by atoms with Gasteiger partial charge in [-0.25, -0.2) is 0 Å². The van der Waals surface area contributed by atoms with E-state index in [-0.39, 0.29) is 18.3 Å². The summed E-state index contributed by atoms with van der Waals surface area (Å²) in [6.45, 7) is 1.75. The van der Waals surface area contributed by atoms with E-state index in [4.69, 9.17) is 10.00 Å². The molecule has 0 aromatic rings. The molecule has 1 fully saturated rings. The Morgan fingerprint density at radius 1 is 1.42 bits per heavy atom. The minimum atomic E-state index is -0.315. The molecule has 1 aliphatic rings. The van der Waals surface area contributed by atoms with Crippen LogP contribution in [0.2, 0.25) is 0 Å². The fourth-order valence-electron chi connectivity index (χ4n) is 1.50. The smallest absolute Gasteiger partial charge is 0.141 e. The van der Waals surface area contributed by atoms with Crippen molar-refractivity contribution in [3.63, 3.8) is 0 Å². The molecule has 3 heteroatoms. The molecule has 1 saturated carbocycles. The zero-order valence-electron chi connectivity index (χ0n) is 7.36. The minimum Gasteiger partial charge on any atom is -0.393 e. The van der Waals surface area contributed by atoms with Crippen LogP contribution in [0, 0.1) is 11.3 Å². The molecule has 0 aromatic carbocycles. The van der Waals surface area contributed by atoms with Crippen molar-refractivity contribution in [2.24, 2.45) is 0 Å². The number of hydrogen-bond acceptors (Lipinski definition) is 3. The summed E-state index contributed by atoms with van der Waals surface area (Å²) in [5.74, 6) is 0. The monoisotopic (exact) mass is 169 g/mol. The fraction of sp³-hybridized carbons (Fsp3) is 0.889. The van der Waals surface area contributed by atoms with Crippen LogP contribution in [0.4, 0.5) is 0 Å². The first-order valence-electron chi connectivity index (χ1n) is 4.45.